The van der Waals surface area contributed by atoms with Crippen LogP contribution in [0, 0.1) is 13.8 Å². The van der Waals surface area contributed by atoms with Crippen molar-refractivity contribution in [2.24, 2.45) is 0 Å². The Morgan fingerprint density at radius 2 is 1.86 bits per heavy atom. The van der Waals surface area contributed by atoms with Gasteiger partial charge in [-0.15, -0.1) is 0 Å². The molecule has 3 aromatic rings. The maximum atomic E-state index is 13.5. The molecule has 0 spiro atoms. The van der Waals surface area contributed by atoms with Crippen molar-refractivity contribution < 1.29 is 8.95 Å². The molecule has 190 valence electrons. The number of fused-ring (bicyclic) bond motifs is 1. The minimum atomic E-state index is -1.28. The van der Waals surface area contributed by atoms with Crippen molar-refractivity contribution in [1.29, 1.82) is 0 Å². The van der Waals surface area contributed by atoms with Crippen LogP contribution in [0.15, 0.2) is 23.4 Å². The maximum Gasteiger partial charge on any atom is 0.156 e. The van der Waals surface area contributed by atoms with E-state index in [1.165, 1.54) is 6.33 Å². The lowest BCUT2D eigenvalue weighted by atomic mass is 10.2. The molecule has 0 aliphatic carbocycles. The van der Waals surface area contributed by atoms with Gasteiger partial charge in [0.1, 0.15) is 17.9 Å². The molecule has 1 unspecified atom stereocenters. The summed E-state index contributed by atoms with van der Waals surface area (Å²) in [7, 11) is 0.882. The van der Waals surface area contributed by atoms with E-state index in [0.29, 0.717) is 28.9 Å². The second-order valence-electron chi connectivity index (χ2n) is 10.2. The molecular weight excluding hydrogens is 462 g/mol. The maximum absolute atomic E-state index is 13.5. The molecule has 1 saturated heterocycles. The summed E-state index contributed by atoms with van der Waals surface area (Å²) in [6.45, 7) is 15.8. The van der Waals surface area contributed by atoms with Crippen molar-refractivity contribution >= 4 is 33.3 Å². The van der Waals surface area contributed by atoms with Crippen LogP contribution in [0.2, 0.25) is 0 Å². The summed E-state index contributed by atoms with van der Waals surface area (Å²) in [5, 5.41) is 11.4. The molecule has 0 saturated carbocycles. The normalized spacial score (nSPS) is 16.5. The van der Waals surface area contributed by atoms with Crippen molar-refractivity contribution in [2.75, 3.05) is 51.7 Å². The average Bonchev–Trinajstić information content (AvgIpc) is 3.14. The van der Waals surface area contributed by atoms with E-state index in [2.05, 4.69) is 42.3 Å². The Morgan fingerprint density at radius 3 is 2.51 bits per heavy atom. The fourth-order valence-corrected chi connectivity index (χ4v) is 5.20. The predicted molar refractivity (Wildman–Crippen MR) is 141 cm³/mol. The zero-order valence-corrected chi connectivity index (χ0v) is 22.5. The van der Waals surface area contributed by atoms with Gasteiger partial charge in [-0.05, 0) is 54.2 Å². The van der Waals surface area contributed by atoms with Gasteiger partial charge in [0.05, 0.1) is 27.8 Å². The van der Waals surface area contributed by atoms with Gasteiger partial charge in [0, 0.05) is 60.2 Å². The molecule has 0 bridgehead atoms. The molecule has 2 N–H and O–H groups in total. The minimum Gasteiger partial charge on any atom is -0.492 e. The molecular formula is C25H37N7O2S. The molecule has 1 atom stereocenters. The van der Waals surface area contributed by atoms with Gasteiger partial charge < -0.3 is 19.9 Å². The number of hydrogen-bond donors (Lipinski definition) is 2. The molecule has 1 aliphatic rings. The van der Waals surface area contributed by atoms with Crippen LogP contribution in [-0.2, 0) is 10.8 Å². The highest BCUT2D eigenvalue weighted by Gasteiger charge is 2.26. The summed E-state index contributed by atoms with van der Waals surface area (Å²) in [5.74, 6) is 1.96. The van der Waals surface area contributed by atoms with Gasteiger partial charge in [0.2, 0.25) is 0 Å². The van der Waals surface area contributed by atoms with Gasteiger partial charge in [-0.3, -0.25) is 9.31 Å². The van der Waals surface area contributed by atoms with Gasteiger partial charge in [-0.1, -0.05) is 0 Å². The van der Waals surface area contributed by atoms with Crippen molar-refractivity contribution in [1.82, 2.24) is 30.0 Å². The first-order chi connectivity index (χ1) is 16.6. The average molecular weight is 500 g/mol. The van der Waals surface area contributed by atoms with E-state index < -0.39 is 15.5 Å². The number of aromatic amines is 1. The van der Waals surface area contributed by atoms with Crippen molar-refractivity contribution in [2.45, 2.75) is 50.7 Å². The van der Waals surface area contributed by atoms with Crippen LogP contribution in [-0.4, -0.2) is 85.3 Å². The molecule has 0 amide bonds. The van der Waals surface area contributed by atoms with Crippen molar-refractivity contribution in [3.8, 4) is 5.75 Å². The highest BCUT2D eigenvalue weighted by molar-refractivity contribution is 7.86. The Bertz CT molecular complexity index is 1200. The van der Waals surface area contributed by atoms with E-state index in [4.69, 9.17) is 4.74 Å². The van der Waals surface area contributed by atoms with Crippen LogP contribution < -0.4 is 10.1 Å². The molecule has 3 heterocycles. The second-order valence-corrected chi connectivity index (χ2v) is 12.4. The Hall–Kier alpha value is -2.56. The Morgan fingerprint density at radius 1 is 1.11 bits per heavy atom. The van der Waals surface area contributed by atoms with Crippen LogP contribution in [0.3, 0.4) is 0 Å². The first-order valence-electron chi connectivity index (χ1n) is 12.2. The Kier molecular flexibility index (Phi) is 7.73. The highest BCUT2D eigenvalue weighted by atomic mass is 32.2. The van der Waals surface area contributed by atoms with Crippen LogP contribution in [0.1, 0.15) is 38.4 Å². The van der Waals surface area contributed by atoms with Gasteiger partial charge in [-0.2, -0.15) is 5.10 Å². The fourth-order valence-electron chi connectivity index (χ4n) is 4.01. The molecule has 9 nitrogen and oxygen atoms in total. The molecule has 0 radical (unpaired) electrons. The largest absolute Gasteiger partial charge is 0.492 e. The predicted octanol–water partition coefficient (Wildman–Crippen LogP) is 3.64. The zero-order valence-electron chi connectivity index (χ0n) is 21.6. The summed E-state index contributed by atoms with van der Waals surface area (Å²) in [5.41, 5.74) is 2.75. The molecule has 1 aliphatic heterocycles. The number of piperazine rings is 1. The van der Waals surface area contributed by atoms with E-state index in [1.807, 2.05) is 46.8 Å². The second kappa shape index (κ2) is 10.6. The minimum absolute atomic E-state index is 0.440. The van der Waals surface area contributed by atoms with E-state index in [-0.39, 0.29) is 0 Å². The van der Waals surface area contributed by atoms with Crippen LogP contribution in [0.5, 0.6) is 5.75 Å². The smallest absolute Gasteiger partial charge is 0.156 e. The number of rotatable bonds is 8. The van der Waals surface area contributed by atoms with Crippen molar-refractivity contribution in [3.05, 3.63) is 29.7 Å². The highest BCUT2D eigenvalue weighted by Crippen LogP contribution is 2.35. The number of nitrogens with zero attached hydrogens (tertiary/aromatic N) is 5. The Balaban J connectivity index is 1.58. The molecule has 10 heteroatoms. The third-order valence-corrected chi connectivity index (χ3v) is 8.25. The van der Waals surface area contributed by atoms with Crippen molar-refractivity contribution in [3.63, 3.8) is 0 Å². The van der Waals surface area contributed by atoms with Gasteiger partial charge in [0.25, 0.3) is 0 Å². The number of aromatic nitrogens is 4. The summed E-state index contributed by atoms with van der Waals surface area (Å²) >= 11 is 0. The third-order valence-electron chi connectivity index (χ3n) is 6.42. The number of H-pyrrole nitrogens is 1. The Labute approximate surface area is 210 Å². The van der Waals surface area contributed by atoms with E-state index >= 15 is 0 Å². The van der Waals surface area contributed by atoms with Gasteiger partial charge in [0.15, 0.2) is 5.82 Å². The molecule has 1 aromatic carbocycles. The fraction of sp³-hybridized carbons (Fsp3) is 0.560. The first kappa shape index (κ1) is 25.5. The topological polar surface area (TPSA) is 99.3 Å². The molecule has 1 fully saturated rings. The van der Waals surface area contributed by atoms with Gasteiger partial charge in [-0.25, -0.2) is 9.97 Å². The van der Waals surface area contributed by atoms with E-state index in [0.717, 1.165) is 61.3 Å². The number of ether oxygens (including phenoxy) is 1. The summed E-state index contributed by atoms with van der Waals surface area (Å²) in [4.78, 5) is 14.4. The lowest BCUT2D eigenvalue weighted by Gasteiger charge is -2.32. The molecule has 2 aromatic heterocycles. The summed E-state index contributed by atoms with van der Waals surface area (Å²) < 4.78 is 19.3. The van der Waals surface area contributed by atoms with E-state index in [1.54, 1.807) is 0 Å². The number of hydrogen-bond acceptors (Lipinski definition) is 8. The van der Waals surface area contributed by atoms with Crippen LogP contribution in [0.25, 0.3) is 10.9 Å². The van der Waals surface area contributed by atoms with Crippen LogP contribution >= 0.6 is 0 Å². The number of likely N-dealkylation sites (N-methyl/N-ethyl adjacent to an activating group) is 1. The first-order valence-corrected chi connectivity index (χ1v) is 13.3. The lowest BCUT2D eigenvalue weighted by Crippen LogP contribution is -2.44. The standard InChI is InChI=1S/C25H37N7O2S/c1-17-18(2)29-30-23(17)28-24-19-14-22(35(33)25(3,4)5)21(15-20(19)26-16-27-24)34-13-7-8-32-11-9-31(6)10-12-32/h14-16H,7-13H2,1-6H3,(H2,26,27,28,29,30). The number of nitrogens with one attached hydrogen (secondary N) is 2. The molecule has 4 rings (SSSR count). The molecule has 35 heavy (non-hydrogen) atoms. The summed E-state index contributed by atoms with van der Waals surface area (Å²) in [6.07, 6.45) is 2.44. The monoisotopic (exact) mass is 499 g/mol. The summed E-state index contributed by atoms with van der Waals surface area (Å²) in [6, 6.07) is 3.79. The third kappa shape index (κ3) is 5.99. The SMILES string of the molecule is Cc1[nH]nc(Nc2ncnc3cc(OCCCN4CCN(C)CC4)c(S(=O)C(C)(C)C)cc23)c1C. The van der Waals surface area contributed by atoms with Gasteiger partial charge >= 0.3 is 0 Å². The van der Waals surface area contributed by atoms with Crippen LogP contribution in [0.4, 0.5) is 11.6 Å². The zero-order chi connectivity index (χ0) is 25.2. The van der Waals surface area contributed by atoms with E-state index in [9.17, 15) is 4.21 Å². The lowest BCUT2D eigenvalue weighted by molar-refractivity contribution is 0.145. The number of benzene rings is 1. The number of aryl methyl sites for hydroxylation is 1. The number of anilines is 2. The quantitative estimate of drug-likeness (QED) is 0.453.